The van der Waals surface area contributed by atoms with Gasteiger partial charge in [0, 0.05) is 11.8 Å². The van der Waals surface area contributed by atoms with Crippen LogP contribution in [0.1, 0.15) is 12.8 Å². The molecule has 1 N–H and O–H groups in total. The standard InChI is InChI=1S/C10H13BrN2S/c11-9-4-1-5-10(13-9)14-7-8-3-2-6-12-8/h1,4-5,8,12H,2-3,6-7H2/t8-/m1/s1. The van der Waals surface area contributed by atoms with Crippen LogP contribution < -0.4 is 5.32 Å². The molecule has 1 saturated heterocycles. The van der Waals surface area contributed by atoms with Crippen molar-refractivity contribution in [1.82, 2.24) is 10.3 Å². The van der Waals surface area contributed by atoms with Gasteiger partial charge in [-0.05, 0) is 47.4 Å². The van der Waals surface area contributed by atoms with Crippen LogP contribution in [0.3, 0.4) is 0 Å². The van der Waals surface area contributed by atoms with E-state index < -0.39 is 0 Å². The fraction of sp³-hybridized carbons (Fsp3) is 0.500. The van der Waals surface area contributed by atoms with Gasteiger partial charge in [0.25, 0.3) is 0 Å². The summed E-state index contributed by atoms with van der Waals surface area (Å²) in [4.78, 5) is 4.39. The van der Waals surface area contributed by atoms with Gasteiger partial charge in [0.05, 0.1) is 5.03 Å². The Bertz CT molecular complexity index is 300. The average molecular weight is 273 g/mol. The fourth-order valence-corrected chi connectivity index (χ4v) is 3.01. The van der Waals surface area contributed by atoms with Crippen LogP contribution >= 0.6 is 27.7 Å². The van der Waals surface area contributed by atoms with Crippen molar-refractivity contribution in [3.05, 3.63) is 22.8 Å². The van der Waals surface area contributed by atoms with Gasteiger partial charge < -0.3 is 5.32 Å². The first kappa shape index (κ1) is 10.5. The molecule has 0 radical (unpaired) electrons. The van der Waals surface area contributed by atoms with Crippen molar-refractivity contribution in [3.63, 3.8) is 0 Å². The van der Waals surface area contributed by atoms with Crippen molar-refractivity contribution in [2.45, 2.75) is 23.9 Å². The highest BCUT2D eigenvalue weighted by Gasteiger charge is 2.13. The van der Waals surface area contributed by atoms with Crippen LogP contribution in [0.15, 0.2) is 27.8 Å². The second kappa shape index (κ2) is 5.14. The van der Waals surface area contributed by atoms with E-state index in [0.717, 1.165) is 15.4 Å². The first-order valence-corrected chi connectivity index (χ1v) is 6.61. The predicted octanol–water partition coefficient (Wildman–Crippen LogP) is 2.69. The van der Waals surface area contributed by atoms with Crippen LogP contribution in [-0.4, -0.2) is 23.3 Å². The average Bonchev–Trinajstić information content (AvgIpc) is 2.67. The van der Waals surface area contributed by atoms with Gasteiger partial charge in [0.2, 0.25) is 0 Å². The van der Waals surface area contributed by atoms with Crippen molar-refractivity contribution < 1.29 is 0 Å². The highest BCUT2D eigenvalue weighted by Crippen LogP contribution is 2.20. The molecule has 2 heterocycles. The van der Waals surface area contributed by atoms with Crippen molar-refractivity contribution in [1.29, 1.82) is 0 Å². The van der Waals surface area contributed by atoms with Crippen LogP contribution in [0.2, 0.25) is 0 Å². The molecule has 0 amide bonds. The highest BCUT2D eigenvalue weighted by molar-refractivity contribution is 9.10. The molecule has 0 spiro atoms. The van der Waals surface area contributed by atoms with Gasteiger partial charge in [0.15, 0.2) is 0 Å². The molecular weight excluding hydrogens is 260 g/mol. The smallest absolute Gasteiger partial charge is 0.107 e. The zero-order chi connectivity index (χ0) is 9.80. The van der Waals surface area contributed by atoms with Gasteiger partial charge in [-0.15, -0.1) is 11.8 Å². The minimum Gasteiger partial charge on any atom is -0.313 e. The molecule has 14 heavy (non-hydrogen) atoms. The van der Waals surface area contributed by atoms with Crippen molar-refractivity contribution in [3.8, 4) is 0 Å². The molecule has 4 heteroatoms. The Morgan fingerprint density at radius 1 is 1.57 bits per heavy atom. The summed E-state index contributed by atoms with van der Waals surface area (Å²) < 4.78 is 0.918. The maximum Gasteiger partial charge on any atom is 0.107 e. The number of hydrogen-bond donors (Lipinski definition) is 1. The summed E-state index contributed by atoms with van der Waals surface area (Å²) in [6.45, 7) is 1.18. The summed E-state index contributed by atoms with van der Waals surface area (Å²) in [7, 11) is 0. The fourth-order valence-electron chi connectivity index (χ4n) is 1.55. The van der Waals surface area contributed by atoms with Crippen molar-refractivity contribution >= 4 is 27.7 Å². The Labute approximate surface area is 97.0 Å². The zero-order valence-corrected chi connectivity index (χ0v) is 10.3. The van der Waals surface area contributed by atoms with Gasteiger partial charge >= 0.3 is 0 Å². The van der Waals surface area contributed by atoms with E-state index in [-0.39, 0.29) is 0 Å². The first-order valence-electron chi connectivity index (χ1n) is 4.83. The summed E-state index contributed by atoms with van der Waals surface area (Å²) >= 11 is 5.20. The van der Waals surface area contributed by atoms with Crippen molar-refractivity contribution in [2.75, 3.05) is 12.3 Å². The number of halogens is 1. The van der Waals surface area contributed by atoms with E-state index in [1.165, 1.54) is 19.4 Å². The van der Waals surface area contributed by atoms with E-state index in [0.29, 0.717) is 6.04 Å². The molecule has 0 bridgehead atoms. The number of aromatic nitrogens is 1. The molecule has 1 aliphatic heterocycles. The van der Waals surface area contributed by atoms with Crippen LogP contribution in [0.25, 0.3) is 0 Å². The van der Waals surface area contributed by atoms with E-state index in [1.54, 1.807) is 0 Å². The minimum atomic E-state index is 0.681. The molecule has 76 valence electrons. The van der Waals surface area contributed by atoms with Gasteiger partial charge in [-0.3, -0.25) is 0 Å². The lowest BCUT2D eigenvalue weighted by molar-refractivity contribution is 0.673. The summed E-state index contributed by atoms with van der Waals surface area (Å²) in [5.74, 6) is 1.13. The van der Waals surface area contributed by atoms with Gasteiger partial charge in [0.1, 0.15) is 4.60 Å². The molecule has 0 unspecified atom stereocenters. The van der Waals surface area contributed by atoms with Gasteiger partial charge in [-0.2, -0.15) is 0 Å². The maximum atomic E-state index is 4.39. The number of nitrogens with one attached hydrogen (secondary N) is 1. The SMILES string of the molecule is Brc1cccc(SC[C@H]2CCCN2)n1. The Morgan fingerprint density at radius 2 is 2.50 bits per heavy atom. The third-order valence-electron chi connectivity index (χ3n) is 2.28. The number of hydrogen-bond acceptors (Lipinski definition) is 3. The monoisotopic (exact) mass is 272 g/mol. The Hall–Kier alpha value is -0.0600. The third kappa shape index (κ3) is 2.97. The van der Waals surface area contributed by atoms with Crippen molar-refractivity contribution in [2.24, 2.45) is 0 Å². The Morgan fingerprint density at radius 3 is 3.21 bits per heavy atom. The molecule has 0 aliphatic carbocycles. The van der Waals surface area contributed by atoms with Crippen LogP contribution in [0, 0.1) is 0 Å². The molecule has 0 aromatic carbocycles. The zero-order valence-electron chi connectivity index (χ0n) is 7.87. The maximum absolute atomic E-state index is 4.39. The quantitative estimate of drug-likeness (QED) is 0.677. The first-order chi connectivity index (χ1) is 6.84. The molecule has 2 rings (SSSR count). The lowest BCUT2D eigenvalue weighted by atomic mass is 10.3. The van der Waals surface area contributed by atoms with E-state index in [4.69, 9.17) is 0 Å². The third-order valence-corrected chi connectivity index (χ3v) is 3.82. The molecule has 2 nitrogen and oxygen atoms in total. The van der Waals surface area contributed by atoms with Crippen LogP contribution in [-0.2, 0) is 0 Å². The Kier molecular flexibility index (Phi) is 3.84. The summed E-state index contributed by atoms with van der Waals surface area (Å²) in [5, 5.41) is 4.59. The van der Waals surface area contributed by atoms with Gasteiger partial charge in [-0.25, -0.2) is 4.98 Å². The second-order valence-electron chi connectivity index (χ2n) is 3.40. The lowest BCUT2D eigenvalue weighted by Crippen LogP contribution is -2.23. The van der Waals surface area contributed by atoms with Crippen LogP contribution in [0.5, 0.6) is 0 Å². The van der Waals surface area contributed by atoms with Crippen LogP contribution in [0.4, 0.5) is 0 Å². The minimum absolute atomic E-state index is 0.681. The summed E-state index contributed by atoms with van der Waals surface area (Å²) in [5.41, 5.74) is 0. The molecule has 1 atom stereocenters. The molecule has 0 saturated carbocycles. The number of pyridine rings is 1. The van der Waals surface area contributed by atoms with E-state index in [9.17, 15) is 0 Å². The molecule has 1 aliphatic rings. The van der Waals surface area contributed by atoms with Gasteiger partial charge in [-0.1, -0.05) is 6.07 Å². The predicted molar refractivity (Wildman–Crippen MR) is 63.7 cm³/mol. The summed E-state index contributed by atoms with van der Waals surface area (Å²) in [6, 6.07) is 6.73. The highest BCUT2D eigenvalue weighted by atomic mass is 79.9. The molecule has 1 fully saturated rings. The topological polar surface area (TPSA) is 24.9 Å². The lowest BCUT2D eigenvalue weighted by Gasteiger charge is -2.08. The Balaban J connectivity index is 1.85. The number of rotatable bonds is 3. The normalized spacial score (nSPS) is 21.4. The molecular formula is C10H13BrN2S. The summed E-state index contributed by atoms with van der Waals surface area (Å²) in [6.07, 6.45) is 2.62. The largest absolute Gasteiger partial charge is 0.313 e. The van der Waals surface area contributed by atoms with E-state index in [1.807, 2.05) is 23.9 Å². The molecule has 1 aromatic rings. The number of thioether (sulfide) groups is 1. The van der Waals surface area contributed by atoms with E-state index >= 15 is 0 Å². The van der Waals surface area contributed by atoms with E-state index in [2.05, 4.69) is 32.3 Å². The molecule has 1 aromatic heterocycles. The number of nitrogens with zero attached hydrogens (tertiary/aromatic N) is 1. The second-order valence-corrected chi connectivity index (χ2v) is 5.26.